The van der Waals surface area contributed by atoms with Gasteiger partial charge in [0.2, 0.25) is 0 Å². The Labute approximate surface area is 104 Å². The maximum absolute atomic E-state index is 8.94. The third-order valence-electron chi connectivity index (χ3n) is 2.41. The first-order valence-electron chi connectivity index (χ1n) is 5.37. The predicted molar refractivity (Wildman–Crippen MR) is 67.7 cm³/mol. The monoisotopic (exact) mass is 243 g/mol. The lowest BCUT2D eigenvalue weighted by Crippen LogP contribution is -2.12. The van der Waals surface area contributed by atoms with Gasteiger partial charge in [0.15, 0.2) is 5.75 Å². The van der Waals surface area contributed by atoms with Crippen LogP contribution in [0, 0.1) is 5.41 Å². The Morgan fingerprint density at radius 2 is 2.00 bits per heavy atom. The van der Waals surface area contributed by atoms with E-state index in [4.69, 9.17) is 21.0 Å². The number of nitrogens with one attached hydrogen (secondary N) is 1. The number of aliphatic hydroxyl groups excluding tert-OH is 1. The molecule has 5 heteroatoms. The summed E-state index contributed by atoms with van der Waals surface area (Å²) >= 11 is 0. The molecular weight excluding hydrogens is 230 g/mol. The van der Waals surface area contributed by atoms with Crippen LogP contribution in [0.25, 0.3) is 0 Å². The molecule has 2 rings (SSSR count). The first kappa shape index (κ1) is 12.1. The Balaban J connectivity index is 2.25. The van der Waals surface area contributed by atoms with Crippen LogP contribution in [0.2, 0.25) is 0 Å². The summed E-state index contributed by atoms with van der Waals surface area (Å²) in [6.45, 7) is -0.00807. The Morgan fingerprint density at radius 1 is 1.28 bits per heavy atom. The molecule has 0 aliphatic rings. The molecule has 0 fully saturated rings. The van der Waals surface area contributed by atoms with E-state index in [0.717, 1.165) is 5.56 Å². The summed E-state index contributed by atoms with van der Waals surface area (Å²) in [6.07, 6.45) is 3.06. The number of aliphatic hydroxyl groups is 1. The van der Waals surface area contributed by atoms with Gasteiger partial charge in [0.25, 0.3) is 0 Å². The van der Waals surface area contributed by atoms with Crippen LogP contribution in [0.3, 0.4) is 0 Å². The molecule has 5 nitrogen and oxygen atoms in total. The lowest BCUT2D eigenvalue weighted by atomic mass is 10.2. The van der Waals surface area contributed by atoms with E-state index in [-0.39, 0.29) is 12.4 Å². The van der Waals surface area contributed by atoms with E-state index in [2.05, 4.69) is 4.98 Å². The summed E-state index contributed by atoms with van der Waals surface area (Å²) in [4.78, 5) is 3.94. The number of nitrogens with two attached hydrogens (primary N) is 1. The van der Waals surface area contributed by atoms with Crippen LogP contribution in [0.4, 0.5) is 0 Å². The first-order chi connectivity index (χ1) is 8.70. The average Bonchev–Trinajstić information content (AvgIpc) is 2.40. The number of ether oxygens (including phenoxy) is 1. The van der Waals surface area contributed by atoms with Gasteiger partial charge in [-0.1, -0.05) is 12.1 Å². The van der Waals surface area contributed by atoms with Crippen LogP contribution in [0.1, 0.15) is 11.1 Å². The second-order valence-electron chi connectivity index (χ2n) is 3.69. The van der Waals surface area contributed by atoms with Gasteiger partial charge in [-0.3, -0.25) is 10.4 Å². The number of amidine groups is 1. The van der Waals surface area contributed by atoms with Crippen LogP contribution in [0.15, 0.2) is 42.7 Å². The fraction of sp³-hybridized carbons (Fsp3) is 0.0769. The van der Waals surface area contributed by atoms with Gasteiger partial charge in [0.05, 0.1) is 18.4 Å². The summed E-state index contributed by atoms with van der Waals surface area (Å²) in [7, 11) is 0. The minimum atomic E-state index is -0.0700. The average molecular weight is 243 g/mol. The number of benzene rings is 1. The van der Waals surface area contributed by atoms with E-state index < -0.39 is 0 Å². The van der Waals surface area contributed by atoms with E-state index >= 15 is 0 Å². The molecule has 1 aromatic carbocycles. The highest BCUT2D eigenvalue weighted by Gasteiger charge is 2.07. The topological polar surface area (TPSA) is 92.2 Å². The molecule has 1 aromatic heterocycles. The number of rotatable bonds is 4. The van der Waals surface area contributed by atoms with Gasteiger partial charge in [-0.2, -0.15) is 0 Å². The molecule has 18 heavy (non-hydrogen) atoms. The normalized spacial score (nSPS) is 10.1. The number of nitrogen functional groups attached to an aromatic ring is 1. The van der Waals surface area contributed by atoms with Crippen molar-refractivity contribution in [2.45, 2.75) is 6.61 Å². The number of aromatic nitrogens is 1. The Morgan fingerprint density at radius 3 is 2.61 bits per heavy atom. The van der Waals surface area contributed by atoms with Gasteiger partial charge < -0.3 is 15.6 Å². The maximum atomic E-state index is 8.94. The Bertz CT molecular complexity index is 552. The van der Waals surface area contributed by atoms with Crippen LogP contribution < -0.4 is 10.5 Å². The minimum absolute atomic E-state index is 0.00807. The zero-order valence-corrected chi connectivity index (χ0v) is 9.63. The SMILES string of the molecule is N=C(N)c1ccncc1Oc1ccc(CO)cc1. The molecule has 92 valence electrons. The van der Waals surface area contributed by atoms with Gasteiger partial charge in [-0.05, 0) is 23.8 Å². The summed E-state index contributed by atoms with van der Waals surface area (Å²) in [5.41, 5.74) is 6.76. The molecule has 4 N–H and O–H groups in total. The minimum Gasteiger partial charge on any atom is -0.455 e. The smallest absolute Gasteiger partial charge is 0.156 e. The molecule has 0 aliphatic heterocycles. The lowest BCUT2D eigenvalue weighted by Gasteiger charge is -2.09. The van der Waals surface area contributed by atoms with Crippen molar-refractivity contribution in [3.05, 3.63) is 53.9 Å². The van der Waals surface area contributed by atoms with Gasteiger partial charge in [0.1, 0.15) is 11.6 Å². The molecule has 0 bridgehead atoms. The van der Waals surface area contributed by atoms with E-state index in [1.165, 1.54) is 6.20 Å². The standard InChI is InChI=1S/C13H13N3O2/c14-13(15)11-5-6-16-7-12(11)18-10-3-1-9(8-17)2-4-10/h1-7,17H,8H2,(H3,14,15). The van der Waals surface area contributed by atoms with Gasteiger partial charge in [-0.25, -0.2) is 0 Å². The maximum Gasteiger partial charge on any atom is 0.156 e. The highest BCUT2D eigenvalue weighted by Crippen LogP contribution is 2.24. The zero-order chi connectivity index (χ0) is 13.0. The summed E-state index contributed by atoms with van der Waals surface area (Å²) in [5, 5.41) is 16.4. The summed E-state index contributed by atoms with van der Waals surface area (Å²) < 4.78 is 5.61. The second-order valence-corrected chi connectivity index (χ2v) is 3.69. The predicted octanol–water partition coefficient (Wildman–Crippen LogP) is 1.65. The van der Waals surface area contributed by atoms with Crippen molar-refractivity contribution in [1.82, 2.24) is 4.98 Å². The van der Waals surface area contributed by atoms with Crippen molar-refractivity contribution < 1.29 is 9.84 Å². The summed E-state index contributed by atoms with van der Waals surface area (Å²) in [6, 6.07) is 8.63. The van der Waals surface area contributed by atoms with E-state index in [9.17, 15) is 0 Å². The molecule has 0 spiro atoms. The Hall–Kier alpha value is -2.40. The molecule has 0 saturated heterocycles. The third kappa shape index (κ3) is 2.64. The number of hydrogen-bond donors (Lipinski definition) is 3. The van der Waals surface area contributed by atoms with Crippen molar-refractivity contribution in [1.29, 1.82) is 5.41 Å². The molecule has 0 amide bonds. The van der Waals surface area contributed by atoms with Crippen LogP contribution >= 0.6 is 0 Å². The lowest BCUT2D eigenvalue weighted by molar-refractivity contribution is 0.281. The molecule has 0 radical (unpaired) electrons. The molecular formula is C13H13N3O2. The highest BCUT2D eigenvalue weighted by molar-refractivity contribution is 5.97. The second kappa shape index (κ2) is 5.29. The van der Waals surface area contributed by atoms with E-state index in [0.29, 0.717) is 17.1 Å². The van der Waals surface area contributed by atoms with Crippen LogP contribution in [-0.4, -0.2) is 15.9 Å². The third-order valence-corrected chi connectivity index (χ3v) is 2.41. The van der Waals surface area contributed by atoms with Gasteiger partial charge >= 0.3 is 0 Å². The fourth-order valence-electron chi connectivity index (χ4n) is 1.47. The molecule has 1 heterocycles. The fourth-order valence-corrected chi connectivity index (χ4v) is 1.47. The van der Waals surface area contributed by atoms with Crippen LogP contribution in [-0.2, 0) is 6.61 Å². The van der Waals surface area contributed by atoms with E-state index in [1.54, 1.807) is 36.5 Å². The highest BCUT2D eigenvalue weighted by atomic mass is 16.5. The van der Waals surface area contributed by atoms with Crippen molar-refractivity contribution in [2.24, 2.45) is 5.73 Å². The number of hydrogen-bond acceptors (Lipinski definition) is 4. The van der Waals surface area contributed by atoms with Crippen molar-refractivity contribution >= 4 is 5.84 Å². The van der Waals surface area contributed by atoms with Gasteiger partial charge in [0, 0.05) is 6.20 Å². The zero-order valence-electron chi connectivity index (χ0n) is 9.63. The molecule has 0 aliphatic carbocycles. The number of nitrogens with zero attached hydrogens (tertiary/aromatic N) is 1. The first-order valence-corrected chi connectivity index (χ1v) is 5.37. The quantitative estimate of drug-likeness (QED) is 0.562. The van der Waals surface area contributed by atoms with Crippen molar-refractivity contribution in [3.63, 3.8) is 0 Å². The van der Waals surface area contributed by atoms with Gasteiger partial charge in [-0.15, -0.1) is 0 Å². The van der Waals surface area contributed by atoms with E-state index in [1.807, 2.05) is 0 Å². The Kier molecular flexibility index (Phi) is 3.54. The molecule has 0 unspecified atom stereocenters. The summed E-state index contributed by atoms with van der Waals surface area (Å²) in [5.74, 6) is 0.962. The van der Waals surface area contributed by atoms with Crippen LogP contribution in [0.5, 0.6) is 11.5 Å². The van der Waals surface area contributed by atoms with Crippen molar-refractivity contribution in [3.8, 4) is 11.5 Å². The largest absolute Gasteiger partial charge is 0.455 e. The molecule has 2 aromatic rings. The number of pyridine rings is 1. The molecule has 0 atom stereocenters. The van der Waals surface area contributed by atoms with Crippen molar-refractivity contribution in [2.75, 3.05) is 0 Å². The molecule has 0 saturated carbocycles.